The summed E-state index contributed by atoms with van der Waals surface area (Å²) in [5, 5.41) is 0.578. The first-order chi connectivity index (χ1) is 7.33. The third-order valence-corrected chi connectivity index (χ3v) is 2.73. The Balaban J connectivity index is -0.0000000643. The number of nitrogens with zero attached hydrogens (tertiary/aromatic N) is 1. The molecule has 0 amide bonds. The number of halogens is 5. The van der Waals surface area contributed by atoms with E-state index < -0.39 is 0 Å². The van der Waals surface area contributed by atoms with E-state index in [2.05, 4.69) is 16.8 Å². The maximum absolute atomic E-state index is 5.71. The van der Waals surface area contributed by atoms with Gasteiger partial charge in [0.15, 0.2) is 0 Å². The van der Waals surface area contributed by atoms with Crippen molar-refractivity contribution in [3.05, 3.63) is 29.0 Å². The van der Waals surface area contributed by atoms with Crippen LogP contribution in [0, 0.1) is 0 Å². The predicted octanol–water partition coefficient (Wildman–Crippen LogP) is -8.39. The van der Waals surface area contributed by atoms with Gasteiger partial charge in [-0.25, -0.2) is 4.98 Å². The van der Waals surface area contributed by atoms with Crippen molar-refractivity contribution in [1.29, 1.82) is 0 Å². The fourth-order valence-electron chi connectivity index (χ4n) is 1.59. The van der Waals surface area contributed by atoms with Crippen LogP contribution in [0.2, 0.25) is 5.15 Å². The van der Waals surface area contributed by atoms with Crippen LogP contribution in [-0.4, -0.2) is 11.5 Å². The number of hydrogen-bond acceptors (Lipinski definition) is 1. The molecule has 0 aromatic carbocycles. The second kappa shape index (κ2) is 29.5. The number of unbranched alkanes of at least 4 members (excludes halogenated alkanes) is 4. The van der Waals surface area contributed by atoms with Crippen LogP contribution < -0.4 is 73.8 Å². The highest BCUT2D eigenvalue weighted by atomic mass is 35.5. The second-order valence-corrected chi connectivity index (χ2v) is 4.25. The Morgan fingerprint density at radius 1 is 0.818 bits per heavy atom. The van der Waals surface area contributed by atoms with Crippen molar-refractivity contribution < 1.29 is 55.4 Å². The van der Waals surface area contributed by atoms with Crippen molar-refractivity contribution in [2.45, 2.75) is 38.5 Å². The van der Waals surface area contributed by atoms with Crippen LogP contribution in [0.5, 0.6) is 0 Å². The van der Waals surface area contributed by atoms with Crippen molar-refractivity contribution >= 4 is 11.6 Å². The van der Waals surface area contributed by atoms with Crippen LogP contribution in [0.25, 0.3) is 0 Å². The second-order valence-electron chi connectivity index (χ2n) is 3.86. The van der Waals surface area contributed by atoms with E-state index in [0.717, 1.165) is 13.0 Å². The van der Waals surface area contributed by atoms with Crippen molar-refractivity contribution in [2.24, 2.45) is 0 Å². The smallest absolute Gasteiger partial charge is 0.129 e. The predicted molar refractivity (Wildman–Crippen MR) is 81.7 cm³/mol. The van der Waals surface area contributed by atoms with Crippen LogP contribution in [0.1, 0.15) is 37.7 Å². The van der Waals surface area contributed by atoms with Gasteiger partial charge in [0.1, 0.15) is 5.15 Å². The number of quaternary nitrogens is 4. The van der Waals surface area contributed by atoms with Gasteiger partial charge in [0, 0.05) is 6.20 Å². The lowest BCUT2D eigenvalue weighted by Gasteiger charge is -2.01. The Bertz CT molecular complexity index is 277. The quantitative estimate of drug-likeness (QED) is 0.250. The summed E-state index contributed by atoms with van der Waals surface area (Å²) in [5.74, 6) is 0. The van der Waals surface area contributed by atoms with E-state index >= 15 is 0 Å². The molecule has 0 radical (unpaired) electrons. The molecule has 22 heavy (non-hydrogen) atoms. The van der Waals surface area contributed by atoms with Crippen molar-refractivity contribution in [3.63, 3.8) is 0 Å². The third kappa shape index (κ3) is 22.7. The van der Waals surface area contributed by atoms with Crippen LogP contribution in [0.4, 0.5) is 0 Å². The molecule has 0 aliphatic heterocycles. The van der Waals surface area contributed by atoms with Gasteiger partial charge in [-0.1, -0.05) is 30.5 Å². The molecule has 0 saturated carbocycles. The van der Waals surface area contributed by atoms with Crippen molar-refractivity contribution in [2.75, 3.05) is 6.54 Å². The topological polar surface area (TPSA) is 150 Å². The van der Waals surface area contributed by atoms with E-state index in [9.17, 15) is 0 Å². The molecule has 5 nitrogen and oxygen atoms in total. The molecule has 10 heteroatoms. The maximum Gasteiger partial charge on any atom is 0.129 e. The average molecular weight is 424 g/mol. The SMILES string of the molecule is [Cl-].[Cl-].[Cl-].[Cl-].[NH3+]CCCCCCCc1ccc(Cl)nc1.[NH4+].[NH4+].[NH4+]. The Labute approximate surface area is 164 Å². The van der Waals surface area contributed by atoms with E-state index in [4.69, 9.17) is 11.6 Å². The molecule has 140 valence electrons. The zero-order chi connectivity index (χ0) is 10.9. The standard InChI is InChI=1S/C12H19ClN2.4ClH.3H3N/c13-12-8-7-11(10-15-12)6-4-2-1-3-5-9-14;;;;;;;/h7-8,10H,1-6,9,14H2;4*1H;3*1H3. The molecule has 0 bridgehead atoms. The summed E-state index contributed by atoms with van der Waals surface area (Å²) in [6.07, 6.45) is 9.47. The minimum atomic E-state index is 0. The van der Waals surface area contributed by atoms with E-state index in [1.807, 2.05) is 12.3 Å². The summed E-state index contributed by atoms with van der Waals surface area (Å²) >= 11 is 5.71. The van der Waals surface area contributed by atoms with Crippen molar-refractivity contribution in [1.82, 2.24) is 23.4 Å². The lowest BCUT2D eigenvalue weighted by molar-refractivity contribution is -0.368. The summed E-state index contributed by atoms with van der Waals surface area (Å²) in [6, 6.07) is 3.92. The van der Waals surface area contributed by atoms with Gasteiger partial charge < -0.3 is 73.8 Å². The number of aromatic nitrogens is 1. The fourth-order valence-corrected chi connectivity index (χ4v) is 1.70. The molecule has 0 atom stereocenters. The Morgan fingerprint density at radius 3 is 1.77 bits per heavy atom. The number of pyridine rings is 1. The highest BCUT2D eigenvalue weighted by molar-refractivity contribution is 6.29. The molecule has 0 unspecified atom stereocenters. The summed E-state index contributed by atoms with van der Waals surface area (Å²) in [6.45, 7) is 1.07. The summed E-state index contributed by atoms with van der Waals surface area (Å²) in [5.41, 5.74) is 5.13. The normalized spacial score (nSPS) is 7.18. The molecule has 0 fully saturated rings. The van der Waals surface area contributed by atoms with Crippen LogP contribution in [0.15, 0.2) is 18.3 Å². The molecule has 1 heterocycles. The molecule has 1 aromatic heterocycles. The zero-order valence-electron chi connectivity index (χ0n) is 13.7. The molecular formula is C12H32Cl5N5. The van der Waals surface area contributed by atoms with Gasteiger partial charge in [-0.2, -0.15) is 0 Å². The molecular weight excluding hydrogens is 391 g/mol. The van der Waals surface area contributed by atoms with Gasteiger partial charge in [0.05, 0.1) is 6.54 Å². The average Bonchev–Trinajstić information content (AvgIpc) is 2.26. The van der Waals surface area contributed by atoms with Crippen LogP contribution >= 0.6 is 11.6 Å². The first-order valence-electron chi connectivity index (χ1n) is 5.72. The minimum Gasteiger partial charge on any atom is -1.00 e. The molecule has 0 saturated heterocycles. The molecule has 0 aliphatic carbocycles. The van der Waals surface area contributed by atoms with Gasteiger partial charge >= 0.3 is 0 Å². The van der Waals surface area contributed by atoms with Gasteiger partial charge in [0.25, 0.3) is 0 Å². The Kier molecular flexibility index (Phi) is 57.9. The molecule has 0 aliphatic rings. The minimum absolute atomic E-state index is 0. The number of aryl methyl sites for hydroxylation is 1. The molecule has 1 rings (SSSR count). The first kappa shape index (κ1) is 43.3. The van der Waals surface area contributed by atoms with Gasteiger partial charge in [-0.05, 0) is 37.3 Å². The van der Waals surface area contributed by atoms with Gasteiger partial charge in [-0.15, -0.1) is 0 Å². The lowest BCUT2D eigenvalue weighted by atomic mass is 10.1. The Morgan fingerprint density at radius 2 is 1.32 bits per heavy atom. The molecule has 15 N–H and O–H groups in total. The molecule has 0 spiro atoms. The summed E-state index contributed by atoms with van der Waals surface area (Å²) in [7, 11) is 0. The number of hydrogen-bond donors (Lipinski definition) is 4. The monoisotopic (exact) mass is 421 g/mol. The zero-order valence-corrected chi connectivity index (χ0v) is 17.5. The van der Waals surface area contributed by atoms with Gasteiger partial charge in [0.2, 0.25) is 0 Å². The fraction of sp³-hybridized carbons (Fsp3) is 0.583. The summed E-state index contributed by atoms with van der Waals surface area (Å²) in [4.78, 5) is 4.06. The third-order valence-electron chi connectivity index (χ3n) is 2.50. The van der Waals surface area contributed by atoms with Crippen molar-refractivity contribution in [3.8, 4) is 0 Å². The van der Waals surface area contributed by atoms with E-state index in [1.54, 1.807) is 0 Å². The van der Waals surface area contributed by atoms with E-state index in [0.29, 0.717) is 5.15 Å². The molecule has 1 aromatic rings. The van der Waals surface area contributed by atoms with Crippen LogP contribution in [0.3, 0.4) is 0 Å². The highest BCUT2D eigenvalue weighted by Gasteiger charge is 1.95. The lowest BCUT2D eigenvalue weighted by Crippen LogP contribution is -3.00. The van der Waals surface area contributed by atoms with Gasteiger partial charge in [-0.3, -0.25) is 0 Å². The maximum atomic E-state index is 5.71. The number of rotatable bonds is 7. The summed E-state index contributed by atoms with van der Waals surface area (Å²) < 4.78 is 0. The largest absolute Gasteiger partial charge is 1.00 e. The van der Waals surface area contributed by atoms with E-state index in [-0.39, 0.29) is 68.1 Å². The highest BCUT2D eigenvalue weighted by Crippen LogP contribution is 2.10. The first-order valence-corrected chi connectivity index (χ1v) is 6.10. The van der Waals surface area contributed by atoms with Crippen LogP contribution in [-0.2, 0) is 6.42 Å². The van der Waals surface area contributed by atoms with E-state index in [1.165, 1.54) is 37.7 Å². The Hall–Kier alpha value is 0.440.